The first-order valence-electron chi connectivity index (χ1n) is 10.9. The maximum Gasteiger partial charge on any atom is 0.328 e. The molecule has 0 saturated heterocycles. The molecule has 2 amide bonds. The Morgan fingerprint density at radius 2 is 2.20 bits per heavy atom. The summed E-state index contributed by atoms with van der Waals surface area (Å²) in [6.45, 7) is 1.08. The molecule has 0 bridgehead atoms. The van der Waals surface area contributed by atoms with Crippen molar-refractivity contribution in [2.45, 2.75) is 12.8 Å². The third-order valence-electron chi connectivity index (χ3n) is 5.46. The van der Waals surface area contributed by atoms with Crippen LogP contribution in [0.25, 0.3) is 11.1 Å². The molecule has 0 aromatic carbocycles. The molecule has 12 heteroatoms. The Hall–Kier alpha value is -4.45. The fourth-order valence-electron chi connectivity index (χ4n) is 3.82. The number of methoxy groups -OCH3 is 1. The largest absolute Gasteiger partial charge is 0.383 e. The second kappa shape index (κ2) is 10.7. The van der Waals surface area contributed by atoms with Crippen LogP contribution in [0.5, 0.6) is 0 Å². The maximum atomic E-state index is 13.1. The van der Waals surface area contributed by atoms with Crippen LogP contribution in [0.15, 0.2) is 42.9 Å². The molecule has 4 heterocycles. The minimum atomic E-state index is -0.556. The number of hydrogen-bond acceptors (Lipinski definition) is 9. The molecule has 1 aliphatic rings. The normalized spacial score (nSPS) is 12.5. The van der Waals surface area contributed by atoms with Gasteiger partial charge in [-0.2, -0.15) is 0 Å². The summed E-state index contributed by atoms with van der Waals surface area (Å²) in [5.74, 6) is 0.527. The molecule has 0 radical (unpaired) electrons. The van der Waals surface area contributed by atoms with E-state index in [0.29, 0.717) is 50.2 Å². The molecule has 3 aromatic heterocycles. The molecule has 35 heavy (non-hydrogen) atoms. The van der Waals surface area contributed by atoms with Gasteiger partial charge >= 0.3 is 11.7 Å². The highest BCUT2D eigenvalue weighted by Gasteiger charge is 2.27. The number of hydrogen-bond donors (Lipinski definition) is 2. The summed E-state index contributed by atoms with van der Waals surface area (Å²) in [5, 5.41) is 16.9. The highest BCUT2D eigenvalue weighted by atomic mass is 16.6. The molecular formula is C23H23N7O5. The van der Waals surface area contributed by atoms with Crippen molar-refractivity contribution in [3.63, 3.8) is 0 Å². The van der Waals surface area contributed by atoms with Gasteiger partial charge in [-0.15, -0.1) is 0 Å². The zero-order chi connectivity index (χ0) is 24.8. The van der Waals surface area contributed by atoms with Crippen molar-refractivity contribution in [1.29, 1.82) is 0 Å². The van der Waals surface area contributed by atoms with Crippen LogP contribution in [0.2, 0.25) is 0 Å². The number of fused-ring (bicyclic) bond motifs is 1. The first-order chi connectivity index (χ1) is 17.0. The van der Waals surface area contributed by atoms with Gasteiger partial charge in [-0.25, -0.2) is 14.8 Å². The van der Waals surface area contributed by atoms with Crippen molar-refractivity contribution >= 4 is 35.3 Å². The Morgan fingerprint density at radius 1 is 1.34 bits per heavy atom. The Balaban J connectivity index is 1.60. The fraction of sp³-hybridized carbons (Fsp3) is 0.261. The number of ether oxygens (including phenoxy) is 1. The minimum absolute atomic E-state index is 0.134. The Labute approximate surface area is 200 Å². The molecule has 2 N–H and O–H groups in total. The highest BCUT2D eigenvalue weighted by molar-refractivity contribution is 6.02. The van der Waals surface area contributed by atoms with E-state index in [-0.39, 0.29) is 22.9 Å². The van der Waals surface area contributed by atoms with Gasteiger partial charge in [0, 0.05) is 49.8 Å². The standard InChI is InChI=1S/C23H23N7O5/c1-35-9-7-25-18-11-21(26-13-20(18)30(33)34)28-23(32)29-8-3-5-15-10-17(16-4-2-6-24-12-16)19(14-31)27-22(15)29/h2,4,6,10-14H,3,5,7-9H2,1H3,(H2,25,26,28,32). The number of rotatable bonds is 8. The summed E-state index contributed by atoms with van der Waals surface area (Å²) in [4.78, 5) is 49.8. The van der Waals surface area contributed by atoms with Gasteiger partial charge in [0.05, 0.1) is 11.5 Å². The van der Waals surface area contributed by atoms with Gasteiger partial charge in [0.15, 0.2) is 6.29 Å². The number of carbonyl (C=O) groups is 2. The van der Waals surface area contributed by atoms with E-state index in [2.05, 4.69) is 25.6 Å². The SMILES string of the molecule is COCCNc1cc(NC(=O)N2CCCc3cc(-c4cccnc4)c(C=O)nc32)ncc1[N+](=O)[O-]. The van der Waals surface area contributed by atoms with Crippen LogP contribution < -0.4 is 15.5 Å². The van der Waals surface area contributed by atoms with Crippen molar-refractivity contribution in [2.75, 3.05) is 42.3 Å². The molecule has 0 unspecified atom stereocenters. The Morgan fingerprint density at radius 3 is 2.91 bits per heavy atom. The number of nitrogens with one attached hydrogen (secondary N) is 2. The average molecular weight is 477 g/mol. The smallest absolute Gasteiger partial charge is 0.328 e. The number of carbonyl (C=O) groups excluding carboxylic acids is 2. The van der Waals surface area contributed by atoms with Crippen LogP contribution in [-0.4, -0.2) is 59.0 Å². The third-order valence-corrected chi connectivity index (χ3v) is 5.46. The van der Waals surface area contributed by atoms with Crippen molar-refractivity contribution in [1.82, 2.24) is 15.0 Å². The summed E-state index contributed by atoms with van der Waals surface area (Å²) in [7, 11) is 1.52. The number of pyridine rings is 3. The summed E-state index contributed by atoms with van der Waals surface area (Å²) in [6, 6.07) is 6.37. The minimum Gasteiger partial charge on any atom is -0.383 e. The van der Waals surface area contributed by atoms with Gasteiger partial charge in [0.2, 0.25) is 0 Å². The molecule has 0 aliphatic carbocycles. The van der Waals surface area contributed by atoms with Gasteiger partial charge in [-0.1, -0.05) is 6.07 Å². The number of anilines is 3. The second-order valence-corrected chi connectivity index (χ2v) is 7.71. The summed E-state index contributed by atoms with van der Waals surface area (Å²) < 4.78 is 4.97. The lowest BCUT2D eigenvalue weighted by molar-refractivity contribution is -0.384. The van der Waals surface area contributed by atoms with Gasteiger partial charge in [0.25, 0.3) is 0 Å². The fourth-order valence-corrected chi connectivity index (χ4v) is 3.82. The van der Waals surface area contributed by atoms with Crippen LogP contribution in [0, 0.1) is 10.1 Å². The molecule has 1 aliphatic heterocycles. The molecule has 180 valence electrons. The average Bonchev–Trinajstić information content (AvgIpc) is 2.88. The van der Waals surface area contributed by atoms with Crippen molar-refractivity contribution in [3.8, 4) is 11.1 Å². The summed E-state index contributed by atoms with van der Waals surface area (Å²) in [6.07, 6.45) is 6.43. The number of nitro groups is 1. The highest BCUT2D eigenvalue weighted by Crippen LogP contribution is 2.32. The lowest BCUT2D eigenvalue weighted by atomic mass is 9.99. The van der Waals surface area contributed by atoms with Crippen molar-refractivity contribution in [3.05, 3.63) is 64.2 Å². The quantitative estimate of drug-likeness (QED) is 0.215. The summed E-state index contributed by atoms with van der Waals surface area (Å²) >= 11 is 0. The van der Waals surface area contributed by atoms with E-state index in [1.165, 1.54) is 18.1 Å². The molecule has 4 rings (SSSR count). The topological polar surface area (TPSA) is 152 Å². The number of aromatic nitrogens is 3. The van der Waals surface area contributed by atoms with Gasteiger partial charge in [0.1, 0.15) is 29.2 Å². The van der Waals surface area contributed by atoms with Crippen LogP contribution in [0.1, 0.15) is 22.5 Å². The Kier molecular flexibility index (Phi) is 7.21. The number of nitrogens with zero attached hydrogens (tertiary/aromatic N) is 5. The predicted molar refractivity (Wildman–Crippen MR) is 129 cm³/mol. The van der Waals surface area contributed by atoms with E-state index in [1.807, 2.05) is 12.1 Å². The predicted octanol–water partition coefficient (Wildman–Crippen LogP) is 3.30. The molecule has 0 fully saturated rings. The molecule has 12 nitrogen and oxygen atoms in total. The first kappa shape index (κ1) is 23.7. The van der Waals surface area contributed by atoms with E-state index in [1.54, 1.807) is 18.5 Å². The second-order valence-electron chi connectivity index (χ2n) is 7.71. The lowest BCUT2D eigenvalue weighted by Crippen LogP contribution is -2.39. The molecule has 0 atom stereocenters. The van der Waals surface area contributed by atoms with Gasteiger partial charge in [-0.05, 0) is 30.5 Å². The van der Waals surface area contributed by atoms with Gasteiger partial charge < -0.3 is 10.1 Å². The molecule has 3 aromatic rings. The number of aryl methyl sites for hydroxylation is 1. The van der Waals surface area contributed by atoms with Crippen LogP contribution >= 0.6 is 0 Å². The van der Waals surface area contributed by atoms with Crippen molar-refractivity contribution < 1.29 is 19.2 Å². The van der Waals surface area contributed by atoms with Crippen molar-refractivity contribution in [2.24, 2.45) is 0 Å². The van der Waals surface area contributed by atoms with E-state index < -0.39 is 11.0 Å². The first-order valence-corrected chi connectivity index (χ1v) is 10.9. The lowest BCUT2D eigenvalue weighted by Gasteiger charge is -2.29. The van der Waals surface area contributed by atoms with Gasteiger partial charge in [-0.3, -0.25) is 30.1 Å². The molecule has 0 spiro atoms. The molecular weight excluding hydrogens is 454 g/mol. The third kappa shape index (κ3) is 5.22. The molecule has 0 saturated carbocycles. The van der Waals surface area contributed by atoms with E-state index >= 15 is 0 Å². The van der Waals surface area contributed by atoms with E-state index in [4.69, 9.17) is 4.74 Å². The summed E-state index contributed by atoms with van der Waals surface area (Å²) in [5.41, 5.74) is 2.43. The number of aldehydes is 1. The zero-order valence-electron chi connectivity index (χ0n) is 18.9. The monoisotopic (exact) mass is 477 g/mol. The van der Waals surface area contributed by atoms with E-state index in [0.717, 1.165) is 17.3 Å². The zero-order valence-corrected chi connectivity index (χ0v) is 18.9. The van der Waals surface area contributed by atoms with Crippen LogP contribution in [0.4, 0.5) is 27.8 Å². The van der Waals surface area contributed by atoms with E-state index in [9.17, 15) is 19.7 Å². The number of amides is 2. The number of urea groups is 1. The maximum absolute atomic E-state index is 13.1. The Bertz CT molecular complexity index is 1250. The van der Waals surface area contributed by atoms with Crippen LogP contribution in [0.3, 0.4) is 0 Å². The van der Waals surface area contributed by atoms with Crippen LogP contribution in [-0.2, 0) is 11.2 Å².